The van der Waals surface area contributed by atoms with E-state index in [-0.39, 0.29) is 54.4 Å². The normalized spacial score (nSPS) is 14.2. The molecular weight excluding hydrogens is 393 g/mol. The number of rotatable bonds is 7. The van der Waals surface area contributed by atoms with Gasteiger partial charge in [-0.3, -0.25) is 0 Å². The van der Waals surface area contributed by atoms with E-state index < -0.39 is 24.2 Å². The summed E-state index contributed by atoms with van der Waals surface area (Å²) in [5.41, 5.74) is 4.31. The summed E-state index contributed by atoms with van der Waals surface area (Å²) in [7, 11) is 0. The van der Waals surface area contributed by atoms with Gasteiger partial charge in [0.15, 0.2) is 6.04 Å². The number of hydrogen-bond acceptors (Lipinski definition) is 6. The minimum atomic E-state index is -1.39. The van der Waals surface area contributed by atoms with Gasteiger partial charge in [-0.1, -0.05) is 48.5 Å². The third-order valence-corrected chi connectivity index (χ3v) is 4.93. The van der Waals surface area contributed by atoms with Crippen LogP contribution in [0, 0.1) is 0 Å². The van der Waals surface area contributed by atoms with Gasteiger partial charge < -0.3 is 23.9 Å². The van der Waals surface area contributed by atoms with Gasteiger partial charge >= 0.3 is 41.6 Å². The third kappa shape index (κ3) is 4.89. The Bertz CT molecular complexity index is 803. The molecule has 0 aliphatic heterocycles. The van der Waals surface area contributed by atoms with Gasteiger partial charge in [0, 0.05) is 5.92 Å². The van der Waals surface area contributed by atoms with E-state index in [2.05, 4.69) is 9.50 Å². The number of hydrogen-bond donors (Lipinski definition) is 2. The number of carboxylic acids is 1. The van der Waals surface area contributed by atoms with E-state index in [4.69, 9.17) is 4.74 Å². The first-order valence-electron chi connectivity index (χ1n) is 8.32. The molecule has 1 aliphatic carbocycles. The van der Waals surface area contributed by atoms with Crippen LogP contribution >= 0.6 is 12.3 Å². The molecule has 0 radical (unpaired) electrons. The molecule has 0 spiro atoms. The molecule has 0 bridgehead atoms. The Balaban J connectivity index is 0.00000280. The molecule has 9 heteroatoms. The van der Waals surface area contributed by atoms with Gasteiger partial charge in [-0.2, -0.15) is 0 Å². The summed E-state index contributed by atoms with van der Waals surface area (Å²) in [6.07, 6.45) is -1.89. The predicted molar refractivity (Wildman–Crippen MR) is 98.5 cm³/mol. The van der Waals surface area contributed by atoms with Gasteiger partial charge in [0.05, 0.1) is 6.10 Å². The Hall–Kier alpha value is -1.55. The molecule has 0 heterocycles. The Labute approximate surface area is 189 Å². The fourth-order valence-corrected chi connectivity index (χ4v) is 3.50. The van der Waals surface area contributed by atoms with Crippen molar-refractivity contribution < 1.29 is 57.7 Å². The van der Waals surface area contributed by atoms with Gasteiger partial charge in [-0.25, -0.2) is 9.59 Å². The Kier molecular flexibility index (Phi) is 8.36. The summed E-state index contributed by atoms with van der Waals surface area (Å²) in [5, 5.41) is 11.4. The van der Waals surface area contributed by atoms with E-state index in [1.165, 1.54) is 6.92 Å². The number of fused-ring (bicyclic) bond motifs is 3. The minimum absolute atomic E-state index is 0. The predicted octanol–water partition coefficient (Wildman–Crippen LogP) is 0.166. The molecule has 3 rings (SSSR count). The van der Waals surface area contributed by atoms with Crippen LogP contribution in [0.1, 0.15) is 24.0 Å². The van der Waals surface area contributed by atoms with E-state index in [0.29, 0.717) is 0 Å². The molecule has 2 aromatic carbocycles. The van der Waals surface area contributed by atoms with E-state index in [9.17, 15) is 19.2 Å². The van der Waals surface area contributed by atoms with Gasteiger partial charge in [-0.15, -0.1) is 12.3 Å². The van der Waals surface area contributed by atoms with Crippen LogP contribution in [0.3, 0.4) is 0 Å². The van der Waals surface area contributed by atoms with E-state index in [1.54, 1.807) is 0 Å². The second-order valence-electron chi connectivity index (χ2n) is 6.16. The Morgan fingerprint density at radius 3 is 2.18 bits per heavy atom. The van der Waals surface area contributed by atoms with Crippen LogP contribution in [0.25, 0.3) is 11.1 Å². The zero-order chi connectivity index (χ0) is 19.4. The van der Waals surface area contributed by atoms with Crippen LogP contribution in [-0.2, 0) is 13.7 Å². The first-order valence-corrected chi connectivity index (χ1v) is 8.99. The van der Waals surface area contributed by atoms with Crippen molar-refractivity contribution in [1.29, 1.82) is 0 Å². The molecule has 2 N–H and O–H groups in total. The van der Waals surface area contributed by atoms with Gasteiger partial charge in [0.25, 0.3) is 0 Å². The molecule has 1 amide bonds. The average Bonchev–Trinajstić information content (AvgIpc) is 2.98. The molecule has 7 nitrogen and oxygen atoms in total. The maximum Gasteiger partial charge on any atom is 1.00 e. The monoisotopic (exact) mass is 411 g/mol. The molecule has 0 aromatic heterocycles. The topological polar surface area (TPSA) is 108 Å². The van der Waals surface area contributed by atoms with Crippen LogP contribution in [0.15, 0.2) is 48.5 Å². The summed E-state index contributed by atoms with van der Waals surface area (Å²) in [5.74, 6) is -1.44. The Morgan fingerprint density at radius 1 is 1.14 bits per heavy atom. The van der Waals surface area contributed by atoms with Crippen LogP contribution in [0.2, 0.25) is 0 Å². The Morgan fingerprint density at radius 2 is 1.68 bits per heavy atom. The smallest absolute Gasteiger partial charge is 0.776 e. The van der Waals surface area contributed by atoms with Crippen LogP contribution in [0.5, 0.6) is 0 Å². The number of carboxylic acid groups (broad SMARTS) is 1. The van der Waals surface area contributed by atoms with Gasteiger partial charge in [-0.05, 0) is 29.2 Å². The number of carbonyl (C=O) groups excluding carboxylic acids is 1. The third-order valence-electron chi connectivity index (χ3n) is 4.54. The van der Waals surface area contributed by atoms with Crippen LogP contribution in [0.4, 0.5) is 4.79 Å². The molecular formula is C19H18NNaO6S. The van der Waals surface area contributed by atoms with Crippen molar-refractivity contribution in [3.8, 4) is 11.1 Å². The molecule has 0 saturated heterocycles. The van der Waals surface area contributed by atoms with E-state index in [0.717, 1.165) is 22.3 Å². The SMILES string of the molecule is C[C@@H](OS[O-])[C@H](NC(=O)OCC1c2ccccc2-c2ccccc21)C(=O)O.[Na+]. The van der Waals surface area contributed by atoms with Crippen LogP contribution < -0.4 is 34.9 Å². The molecule has 0 fully saturated rings. The van der Waals surface area contributed by atoms with Crippen molar-refractivity contribution in [1.82, 2.24) is 5.32 Å². The summed E-state index contributed by atoms with van der Waals surface area (Å²) in [6.45, 7) is 1.45. The molecule has 28 heavy (non-hydrogen) atoms. The number of amides is 1. The molecule has 0 unspecified atom stereocenters. The first-order chi connectivity index (χ1) is 13.0. The number of ether oxygens (including phenoxy) is 1. The molecule has 1 aliphatic rings. The fourth-order valence-electron chi connectivity index (χ4n) is 3.26. The van der Waals surface area contributed by atoms with Crippen molar-refractivity contribution in [2.75, 3.05) is 6.61 Å². The number of nitrogens with one attached hydrogen (secondary N) is 1. The van der Waals surface area contributed by atoms with E-state index >= 15 is 0 Å². The summed E-state index contributed by atoms with van der Waals surface area (Å²) >= 11 is -0.205. The standard InChI is InChI=1S/C19H19NO6S.Na/c1-11(26-27-24)17(18(21)22)20-19(23)25-10-16-14-8-4-2-6-12(14)13-7-3-5-9-15(13)16;/h2-9,11,16-17,24H,10H2,1H3,(H,20,23)(H,21,22);/q;+1/p-1/t11-,17+;/m1./s1. The van der Waals surface area contributed by atoms with Crippen LogP contribution in [-0.4, -0.2) is 40.5 Å². The fraction of sp³-hybridized carbons (Fsp3) is 0.263. The minimum Gasteiger partial charge on any atom is -0.776 e. The molecule has 0 saturated carbocycles. The quantitative estimate of drug-likeness (QED) is 0.494. The summed E-state index contributed by atoms with van der Waals surface area (Å²) in [4.78, 5) is 23.4. The number of aliphatic carboxylic acids is 1. The van der Waals surface area contributed by atoms with Crippen molar-refractivity contribution >= 4 is 24.4 Å². The van der Waals surface area contributed by atoms with Gasteiger partial charge in [0.1, 0.15) is 6.61 Å². The average molecular weight is 411 g/mol. The second kappa shape index (κ2) is 10.3. The van der Waals surface area contributed by atoms with Crippen molar-refractivity contribution in [3.05, 3.63) is 59.7 Å². The van der Waals surface area contributed by atoms with Crippen molar-refractivity contribution in [3.63, 3.8) is 0 Å². The zero-order valence-electron chi connectivity index (χ0n) is 15.5. The summed E-state index contributed by atoms with van der Waals surface area (Å²) in [6, 6.07) is 14.4. The molecule has 142 valence electrons. The van der Waals surface area contributed by atoms with Crippen molar-refractivity contribution in [2.24, 2.45) is 0 Å². The first kappa shape index (κ1) is 22.7. The van der Waals surface area contributed by atoms with E-state index in [1.807, 2.05) is 48.5 Å². The molecule has 2 aromatic rings. The second-order valence-corrected chi connectivity index (χ2v) is 6.48. The maximum absolute atomic E-state index is 12.1. The number of benzene rings is 2. The van der Waals surface area contributed by atoms with Gasteiger partial charge in [0.2, 0.25) is 0 Å². The van der Waals surface area contributed by atoms with Crippen molar-refractivity contribution in [2.45, 2.75) is 25.0 Å². The zero-order valence-corrected chi connectivity index (χ0v) is 18.3. The number of carbonyl (C=O) groups is 2. The maximum atomic E-state index is 12.1. The number of alkyl carbamates (subject to hydrolysis) is 1. The largest absolute Gasteiger partial charge is 1.00 e. The summed E-state index contributed by atoms with van der Waals surface area (Å²) < 4.78 is 20.4. The molecule has 2 atom stereocenters.